The average molecular weight is 376 g/mol. The normalized spacial score (nSPS) is 11.2. The minimum atomic E-state index is -3.77. The molecule has 1 aromatic heterocycles. The van der Waals surface area contributed by atoms with Crippen LogP contribution < -0.4 is 10.5 Å². The van der Waals surface area contributed by atoms with E-state index < -0.39 is 10.0 Å². The quantitative estimate of drug-likeness (QED) is 0.625. The smallest absolute Gasteiger partial charge is 0.266 e. The maximum atomic E-state index is 12.1. The summed E-state index contributed by atoms with van der Waals surface area (Å²) in [7, 11) is -3.77. The third-order valence-corrected chi connectivity index (χ3v) is 4.11. The molecule has 6 nitrogen and oxygen atoms in total. The Morgan fingerprint density at radius 2 is 1.89 bits per heavy atom. The largest absolute Gasteiger partial charge is 0.398 e. The van der Waals surface area contributed by atoms with Crippen molar-refractivity contribution >= 4 is 44.2 Å². The lowest BCUT2D eigenvalue weighted by molar-refractivity contribution is 0.601. The molecule has 1 aromatic carbocycles. The van der Waals surface area contributed by atoms with E-state index in [1.807, 2.05) is 22.6 Å². The van der Waals surface area contributed by atoms with Gasteiger partial charge >= 0.3 is 0 Å². The first-order valence-corrected chi connectivity index (χ1v) is 7.40. The van der Waals surface area contributed by atoms with Crippen LogP contribution in [0.4, 0.5) is 11.6 Å². The summed E-state index contributed by atoms with van der Waals surface area (Å²) >= 11 is 2.01. The van der Waals surface area contributed by atoms with Gasteiger partial charge in [-0.25, -0.2) is 23.1 Å². The Balaban J connectivity index is 2.40. The topological polar surface area (TPSA) is 98.0 Å². The highest BCUT2D eigenvalue weighted by atomic mass is 127. The average Bonchev–Trinajstić information content (AvgIpc) is 2.33. The molecule has 94 valence electrons. The van der Waals surface area contributed by atoms with Gasteiger partial charge in [-0.05, 0) is 46.9 Å². The van der Waals surface area contributed by atoms with Crippen LogP contribution in [0.1, 0.15) is 0 Å². The zero-order chi connectivity index (χ0) is 13.2. The monoisotopic (exact) mass is 376 g/mol. The van der Waals surface area contributed by atoms with Crippen molar-refractivity contribution in [3.63, 3.8) is 0 Å². The van der Waals surface area contributed by atoms with Gasteiger partial charge in [-0.3, -0.25) is 0 Å². The van der Waals surface area contributed by atoms with E-state index in [1.165, 1.54) is 18.5 Å². The number of anilines is 2. The Morgan fingerprint density at radius 3 is 2.56 bits per heavy atom. The predicted molar refractivity (Wildman–Crippen MR) is 76.4 cm³/mol. The molecule has 1 heterocycles. The fourth-order valence-electron chi connectivity index (χ4n) is 1.27. The van der Waals surface area contributed by atoms with Crippen molar-refractivity contribution in [3.8, 4) is 0 Å². The van der Waals surface area contributed by atoms with Crippen molar-refractivity contribution < 1.29 is 8.42 Å². The number of hydrogen-bond acceptors (Lipinski definition) is 5. The number of aromatic nitrogens is 2. The molecule has 2 rings (SSSR count). The van der Waals surface area contributed by atoms with E-state index >= 15 is 0 Å². The Labute approximate surface area is 118 Å². The SMILES string of the molecule is Nc1ccc(I)cc1S(=O)(=O)Nc1ncccn1. The summed E-state index contributed by atoms with van der Waals surface area (Å²) in [5.74, 6) is 0.00996. The molecule has 8 heteroatoms. The molecule has 0 aliphatic carbocycles. The molecule has 3 N–H and O–H groups in total. The van der Waals surface area contributed by atoms with Gasteiger partial charge in [0, 0.05) is 16.0 Å². The van der Waals surface area contributed by atoms with Crippen molar-refractivity contribution in [2.24, 2.45) is 0 Å². The molecule has 0 aliphatic heterocycles. The summed E-state index contributed by atoms with van der Waals surface area (Å²) in [5, 5.41) is 0. The zero-order valence-corrected chi connectivity index (χ0v) is 12.0. The minimum Gasteiger partial charge on any atom is -0.398 e. The van der Waals surface area contributed by atoms with Crippen molar-refractivity contribution in [2.75, 3.05) is 10.5 Å². The van der Waals surface area contributed by atoms with E-state index in [4.69, 9.17) is 5.73 Å². The molecule has 0 spiro atoms. The third kappa shape index (κ3) is 2.88. The maximum absolute atomic E-state index is 12.1. The second-order valence-corrected chi connectivity index (χ2v) is 6.26. The molecule has 0 radical (unpaired) electrons. The zero-order valence-electron chi connectivity index (χ0n) is 9.04. The van der Waals surface area contributed by atoms with E-state index in [2.05, 4.69) is 14.7 Å². The standard InChI is InChI=1S/C10H9IN4O2S/c11-7-2-3-8(12)9(6-7)18(16,17)15-10-13-4-1-5-14-10/h1-6H,12H2,(H,13,14,15). The van der Waals surface area contributed by atoms with Gasteiger partial charge in [-0.1, -0.05) is 0 Å². The molecule has 0 unspecified atom stereocenters. The summed E-state index contributed by atoms with van der Waals surface area (Å²) < 4.78 is 27.2. The molecule has 0 amide bonds. The summed E-state index contributed by atoms with van der Waals surface area (Å²) in [6.45, 7) is 0. The molecule has 0 saturated heterocycles. The van der Waals surface area contributed by atoms with Gasteiger partial charge in [0.25, 0.3) is 10.0 Å². The lowest BCUT2D eigenvalue weighted by Crippen LogP contribution is -2.16. The van der Waals surface area contributed by atoms with Crippen LogP contribution in [0.3, 0.4) is 0 Å². The first-order chi connectivity index (χ1) is 8.49. The number of rotatable bonds is 3. The molecule has 18 heavy (non-hydrogen) atoms. The number of nitrogens with two attached hydrogens (primary N) is 1. The van der Waals surface area contributed by atoms with Crippen molar-refractivity contribution in [3.05, 3.63) is 40.2 Å². The fraction of sp³-hybridized carbons (Fsp3) is 0. The molecular weight excluding hydrogens is 367 g/mol. The van der Waals surface area contributed by atoms with Crippen LogP contribution >= 0.6 is 22.6 Å². The number of nitrogens with one attached hydrogen (secondary N) is 1. The highest BCUT2D eigenvalue weighted by molar-refractivity contribution is 14.1. The highest BCUT2D eigenvalue weighted by Gasteiger charge is 2.18. The van der Waals surface area contributed by atoms with Gasteiger partial charge in [0.2, 0.25) is 5.95 Å². The van der Waals surface area contributed by atoms with Crippen molar-refractivity contribution in [1.82, 2.24) is 9.97 Å². The van der Waals surface area contributed by atoms with Crippen LogP contribution in [0.25, 0.3) is 0 Å². The van der Waals surface area contributed by atoms with Crippen molar-refractivity contribution in [2.45, 2.75) is 4.90 Å². The van der Waals surface area contributed by atoms with Gasteiger partial charge in [-0.15, -0.1) is 0 Å². The van der Waals surface area contributed by atoms with Gasteiger partial charge in [-0.2, -0.15) is 0 Å². The molecule has 0 bridgehead atoms. The molecule has 0 atom stereocenters. The Hall–Kier alpha value is -1.42. The van der Waals surface area contributed by atoms with Crippen LogP contribution in [0.5, 0.6) is 0 Å². The lowest BCUT2D eigenvalue weighted by Gasteiger charge is -2.08. The van der Waals surface area contributed by atoms with Gasteiger partial charge in [0.05, 0.1) is 5.69 Å². The Kier molecular flexibility index (Phi) is 3.66. The number of halogens is 1. The van der Waals surface area contributed by atoms with Crippen LogP contribution in [-0.2, 0) is 10.0 Å². The van der Waals surface area contributed by atoms with Crippen LogP contribution in [0, 0.1) is 3.57 Å². The summed E-state index contributed by atoms with van der Waals surface area (Å²) in [6, 6.07) is 6.36. The first-order valence-electron chi connectivity index (χ1n) is 4.84. The van der Waals surface area contributed by atoms with Crippen LogP contribution in [0.15, 0.2) is 41.6 Å². The van der Waals surface area contributed by atoms with E-state index in [1.54, 1.807) is 18.2 Å². The summed E-state index contributed by atoms with van der Waals surface area (Å²) in [6.07, 6.45) is 2.89. The fourth-order valence-corrected chi connectivity index (χ4v) is 3.09. The van der Waals surface area contributed by atoms with Gasteiger partial charge < -0.3 is 5.73 Å². The summed E-state index contributed by atoms with van der Waals surface area (Å²) in [4.78, 5) is 7.61. The Bertz CT molecular complexity index is 661. The van der Waals surface area contributed by atoms with E-state index in [0.717, 1.165) is 3.57 Å². The third-order valence-electron chi connectivity index (χ3n) is 2.06. The second-order valence-electron chi connectivity index (χ2n) is 3.36. The predicted octanol–water partition coefficient (Wildman–Crippen LogP) is 1.46. The number of sulfonamides is 1. The Morgan fingerprint density at radius 1 is 1.22 bits per heavy atom. The van der Waals surface area contributed by atoms with Crippen molar-refractivity contribution in [1.29, 1.82) is 0 Å². The lowest BCUT2D eigenvalue weighted by atomic mass is 10.3. The molecule has 0 fully saturated rings. The van der Waals surface area contributed by atoms with Gasteiger partial charge in [0.1, 0.15) is 4.90 Å². The second kappa shape index (κ2) is 5.06. The first kappa shape index (κ1) is 13.0. The molecule has 0 aliphatic rings. The van der Waals surface area contributed by atoms with Crippen LogP contribution in [-0.4, -0.2) is 18.4 Å². The number of nitrogens with zero attached hydrogens (tertiary/aromatic N) is 2. The number of hydrogen-bond donors (Lipinski definition) is 2. The summed E-state index contributed by atoms with van der Waals surface area (Å²) in [5.41, 5.74) is 5.85. The molecular formula is C10H9IN4O2S. The molecule has 2 aromatic rings. The highest BCUT2D eigenvalue weighted by Crippen LogP contribution is 2.22. The van der Waals surface area contributed by atoms with E-state index in [9.17, 15) is 8.42 Å². The molecule has 0 saturated carbocycles. The van der Waals surface area contributed by atoms with E-state index in [-0.39, 0.29) is 16.5 Å². The minimum absolute atomic E-state index is 0.00996. The van der Waals surface area contributed by atoms with Gasteiger partial charge in [0.15, 0.2) is 0 Å². The maximum Gasteiger partial charge on any atom is 0.266 e. The van der Waals surface area contributed by atoms with E-state index in [0.29, 0.717) is 0 Å². The number of benzene rings is 1. The number of nitrogen functional groups attached to an aromatic ring is 1. The van der Waals surface area contributed by atoms with Crippen LogP contribution in [0.2, 0.25) is 0 Å².